The molecular weight excluding hydrogens is 494 g/mol. The van der Waals surface area contributed by atoms with Gasteiger partial charge in [-0.25, -0.2) is 18.7 Å². The van der Waals surface area contributed by atoms with Gasteiger partial charge >= 0.3 is 5.92 Å². The molecular formula is C24H27F4N7O2. The lowest BCUT2D eigenvalue weighted by Gasteiger charge is -2.30. The molecule has 0 unspecified atom stereocenters. The third kappa shape index (κ3) is 5.60. The van der Waals surface area contributed by atoms with Gasteiger partial charge in [0.2, 0.25) is 5.95 Å². The van der Waals surface area contributed by atoms with Crippen molar-refractivity contribution >= 4 is 11.9 Å². The minimum atomic E-state index is -3.17. The summed E-state index contributed by atoms with van der Waals surface area (Å²) < 4.78 is 65.1. The zero-order chi connectivity index (χ0) is 26.2. The van der Waals surface area contributed by atoms with Crippen LogP contribution in [0, 0.1) is 17.6 Å². The first-order valence-electron chi connectivity index (χ1n) is 12.0. The minimum absolute atomic E-state index is 0.170. The Morgan fingerprint density at radius 2 is 1.81 bits per heavy atom. The maximum Gasteiger partial charge on any atom is 0.322 e. The zero-order valence-corrected chi connectivity index (χ0v) is 20.2. The molecule has 1 aromatic carbocycles. The largest absolute Gasteiger partial charge is 0.490 e. The molecule has 0 amide bonds. The maximum absolute atomic E-state index is 14.2. The molecule has 0 aliphatic carbocycles. The molecule has 2 aliphatic rings. The number of aromatic nitrogens is 4. The summed E-state index contributed by atoms with van der Waals surface area (Å²) in [4.78, 5) is 16.2. The Bertz CT molecular complexity index is 1210. The van der Waals surface area contributed by atoms with Crippen molar-refractivity contribution in [1.29, 1.82) is 0 Å². The number of anilines is 2. The highest BCUT2D eigenvalue weighted by Gasteiger charge is 2.35. The van der Waals surface area contributed by atoms with Gasteiger partial charge in [0.05, 0.1) is 19.0 Å². The molecule has 2 fully saturated rings. The molecule has 5 rings (SSSR count). The number of hydrogen-bond acceptors (Lipinski definition) is 9. The molecule has 0 radical (unpaired) electrons. The van der Waals surface area contributed by atoms with Crippen molar-refractivity contribution in [2.24, 2.45) is 11.7 Å². The van der Waals surface area contributed by atoms with Gasteiger partial charge in [-0.2, -0.15) is 13.8 Å². The van der Waals surface area contributed by atoms with E-state index in [2.05, 4.69) is 24.6 Å². The van der Waals surface area contributed by atoms with Crippen molar-refractivity contribution in [2.75, 3.05) is 42.6 Å². The van der Waals surface area contributed by atoms with E-state index in [1.807, 2.05) is 9.80 Å². The van der Waals surface area contributed by atoms with E-state index in [1.54, 1.807) is 12.4 Å². The monoisotopic (exact) mass is 521 g/mol. The lowest BCUT2D eigenvalue weighted by atomic mass is 9.94. The zero-order valence-electron chi connectivity index (χ0n) is 20.2. The van der Waals surface area contributed by atoms with Gasteiger partial charge in [0, 0.05) is 45.1 Å². The smallest absolute Gasteiger partial charge is 0.322 e. The Balaban J connectivity index is 1.11. The van der Waals surface area contributed by atoms with Gasteiger partial charge in [-0.15, -0.1) is 0 Å². The third-order valence-electron chi connectivity index (χ3n) is 6.79. The van der Waals surface area contributed by atoms with E-state index < -0.39 is 23.4 Å². The second-order valence-corrected chi connectivity index (χ2v) is 9.59. The standard InChI is InChI=1S/C24H27F4N7O2/c1-24(27,28)21-32-23(33-37-21)34-6-4-14(5-7-34)13-36-16-9-30-22(31-10-16)35-11-18(20(29)12-35)17-8-15(25)2-3-19(17)26/h2-3,8-10,14,18,20H,4-7,11-13,29H2,1H3/t18-,20+/m1/s1. The molecule has 2 aromatic heterocycles. The SMILES string of the molecule is CC(F)(F)c1nc(N2CCC(COc3cnc(N4C[C@H](c5cc(F)ccc5F)[C@@H](N)C4)nc3)CC2)no1. The molecule has 2 aliphatic heterocycles. The lowest BCUT2D eigenvalue weighted by molar-refractivity contribution is -0.0158. The topological polar surface area (TPSA) is 106 Å². The Labute approximate surface area is 210 Å². The first-order chi connectivity index (χ1) is 17.7. The van der Waals surface area contributed by atoms with Crippen LogP contribution in [0.1, 0.15) is 37.1 Å². The number of ether oxygens (including phenoxy) is 1. The second-order valence-electron chi connectivity index (χ2n) is 9.59. The predicted octanol–water partition coefficient (Wildman–Crippen LogP) is 3.48. The second kappa shape index (κ2) is 10.1. The fourth-order valence-electron chi connectivity index (χ4n) is 4.70. The number of nitrogens with zero attached hydrogens (tertiary/aromatic N) is 6. The molecule has 4 heterocycles. The summed E-state index contributed by atoms with van der Waals surface area (Å²) in [5, 5.41) is 3.67. The predicted molar refractivity (Wildman–Crippen MR) is 126 cm³/mol. The Kier molecular flexibility index (Phi) is 6.88. The van der Waals surface area contributed by atoms with Gasteiger partial charge in [0.25, 0.3) is 11.8 Å². The van der Waals surface area contributed by atoms with Crippen LogP contribution >= 0.6 is 0 Å². The van der Waals surface area contributed by atoms with Crippen LogP contribution in [0.5, 0.6) is 5.75 Å². The van der Waals surface area contributed by atoms with E-state index in [0.717, 1.165) is 31.9 Å². The molecule has 2 N–H and O–H groups in total. The van der Waals surface area contributed by atoms with Crippen LogP contribution in [0.4, 0.5) is 29.5 Å². The van der Waals surface area contributed by atoms with Gasteiger partial charge in [0.1, 0.15) is 11.6 Å². The van der Waals surface area contributed by atoms with Crippen molar-refractivity contribution in [3.63, 3.8) is 0 Å². The van der Waals surface area contributed by atoms with E-state index in [0.29, 0.717) is 44.5 Å². The summed E-state index contributed by atoms with van der Waals surface area (Å²) >= 11 is 0. The molecule has 2 atom stereocenters. The van der Waals surface area contributed by atoms with Gasteiger partial charge in [-0.1, -0.05) is 0 Å². The van der Waals surface area contributed by atoms with Crippen molar-refractivity contribution in [1.82, 2.24) is 20.1 Å². The van der Waals surface area contributed by atoms with E-state index >= 15 is 0 Å². The van der Waals surface area contributed by atoms with Crippen LogP contribution in [0.25, 0.3) is 0 Å². The number of halogens is 4. The Morgan fingerprint density at radius 3 is 2.49 bits per heavy atom. The number of hydrogen-bond donors (Lipinski definition) is 1. The van der Waals surface area contributed by atoms with Crippen LogP contribution in [0.2, 0.25) is 0 Å². The quantitative estimate of drug-likeness (QED) is 0.468. The van der Waals surface area contributed by atoms with Gasteiger partial charge in [0.15, 0.2) is 5.75 Å². The van der Waals surface area contributed by atoms with E-state index in [4.69, 9.17) is 10.5 Å². The molecule has 0 bridgehead atoms. The molecule has 3 aromatic rings. The van der Waals surface area contributed by atoms with Crippen LogP contribution < -0.4 is 20.3 Å². The van der Waals surface area contributed by atoms with Crippen molar-refractivity contribution in [2.45, 2.75) is 37.6 Å². The number of benzene rings is 1. The number of rotatable bonds is 7. The number of alkyl halides is 2. The molecule has 2 saturated heterocycles. The van der Waals surface area contributed by atoms with Crippen LogP contribution in [0.15, 0.2) is 35.1 Å². The number of piperidine rings is 1. The van der Waals surface area contributed by atoms with Gasteiger partial charge < -0.3 is 24.8 Å². The van der Waals surface area contributed by atoms with Crippen LogP contribution in [0.3, 0.4) is 0 Å². The lowest BCUT2D eigenvalue weighted by Crippen LogP contribution is -2.36. The molecule has 0 saturated carbocycles. The van der Waals surface area contributed by atoms with Gasteiger partial charge in [-0.3, -0.25) is 0 Å². The normalized spacial score (nSPS) is 21.0. The van der Waals surface area contributed by atoms with Crippen molar-refractivity contribution in [3.8, 4) is 5.75 Å². The molecule has 9 nitrogen and oxygen atoms in total. The summed E-state index contributed by atoms with van der Waals surface area (Å²) in [5.74, 6) is -3.85. The third-order valence-corrected chi connectivity index (χ3v) is 6.79. The minimum Gasteiger partial charge on any atom is -0.490 e. The van der Waals surface area contributed by atoms with Crippen molar-refractivity contribution in [3.05, 3.63) is 53.7 Å². The highest BCUT2D eigenvalue weighted by atomic mass is 19.3. The summed E-state index contributed by atoms with van der Waals surface area (Å²) in [6, 6.07) is 3.00. The first-order valence-corrected chi connectivity index (χ1v) is 12.0. The van der Waals surface area contributed by atoms with E-state index in [1.165, 1.54) is 6.07 Å². The fourth-order valence-corrected chi connectivity index (χ4v) is 4.70. The van der Waals surface area contributed by atoms with E-state index in [-0.39, 0.29) is 29.4 Å². The van der Waals surface area contributed by atoms with E-state index in [9.17, 15) is 17.6 Å². The highest BCUT2D eigenvalue weighted by molar-refractivity contribution is 5.39. The molecule has 0 spiro atoms. The maximum atomic E-state index is 14.2. The van der Waals surface area contributed by atoms with Crippen LogP contribution in [-0.4, -0.2) is 58.9 Å². The average Bonchev–Trinajstić information content (AvgIpc) is 3.53. The first kappa shape index (κ1) is 25.2. The summed E-state index contributed by atoms with van der Waals surface area (Å²) in [5.41, 5.74) is 6.48. The fraction of sp³-hybridized carbons (Fsp3) is 0.500. The van der Waals surface area contributed by atoms with Crippen molar-refractivity contribution < 1.29 is 26.8 Å². The molecule has 13 heteroatoms. The number of nitrogens with two attached hydrogens (primary N) is 1. The summed E-state index contributed by atoms with van der Waals surface area (Å²) in [7, 11) is 0. The molecule has 37 heavy (non-hydrogen) atoms. The highest BCUT2D eigenvalue weighted by Crippen LogP contribution is 2.31. The Morgan fingerprint density at radius 1 is 1.08 bits per heavy atom. The summed E-state index contributed by atoms with van der Waals surface area (Å²) in [6.07, 6.45) is 4.69. The average molecular weight is 522 g/mol. The molecule has 198 valence electrons. The van der Waals surface area contributed by atoms with Crippen LogP contribution in [-0.2, 0) is 5.92 Å². The van der Waals surface area contributed by atoms with Gasteiger partial charge in [-0.05, 0) is 47.7 Å². The Hall–Kier alpha value is -3.48. The summed E-state index contributed by atoms with van der Waals surface area (Å²) in [6.45, 7) is 3.15.